The van der Waals surface area contributed by atoms with Crippen LogP contribution in [0, 0.1) is 10.1 Å². The van der Waals surface area contributed by atoms with Crippen LogP contribution in [-0.4, -0.2) is 9.91 Å². The lowest BCUT2D eigenvalue weighted by Gasteiger charge is -1.91. The average molecular weight is 243 g/mol. The number of alkyl halides is 1. The second-order valence-corrected chi connectivity index (χ2v) is 4.79. The standard InChI is InChI=1S/C9H7ClN2O2S/c1-5(10)9-11-7-3-2-6(12(13)14)4-8(7)15-9/h2-5H,1H3. The molecule has 1 aromatic carbocycles. The second-order valence-electron chi connectivity index (χ2n) is 3.08. The molecule has 1 aromatic heterocycles. The smallest absolute Gasteiger partial charge is 0.258 e. The number of fused-ring (bicyclic) bond motifs is 1. The number of halogens is 1. The van der Waals surface area contributed by atoms with Gasteiger partial charge in [0.25, 0.3) is 5.69 Å². The van der Waals surface area contributed by atoms with Crippen molar-refractivity contribution in [3.63, 3.8) is 0 Å². The lowest BCUT2D eigenvalue weighted by molar-refractivity contribution is -0.384. The van der Waals surface area contributed by atoms with Gasteiger partial charge in [0.05, 0.1) is 20.5 Å². The van der Waals surface area contributed by atoms with Gasteiger partial charge >= 0.3 is 0 Å². The highest BCUT2D eigenvalue weighted by atomic mass is 35.5. The molecule has 2 rings (SSSR count). The van der Waals surface area contributed by atoms with E-state index < -0.39 is 4.92 Å². The Kier molecular flexibility index (Phi) is 2.58. The SMILES string of the molecule is CC(Cl)c1nc2ccc([N+](=O)[O-])cc2s1. The fourth-order valence-corrected chi connectivity index (χ4v) is 2.33. The predicted octanol–water partition coefficient (Wildman–Crippen LogP) is 3.50. The summed E-state index contributed by atoms with van der Waals surface area (Å²) in [7, 11) is 0. The van der Waals surface area contributed by atoms with E-state index in [1.165, 1.54) is 23.5 Å². The van der Waals surface area contributed by atoms with Crippen molar-refractivity contribution in [3.05, 3.63) is 33.3 Å². The predicted molar refractivity (Wildman–Crippen MR) is 60.5 cm³/mol. The van der Waals surface area contributed by atoms with Gasteiger partial charge in [-0.05, 0) is 13.0 Å². The monoisotopic (exact) mass is 242 g/mol. The van der Waals surface area contributed by atoms with E-state index in [2.05, 4.69) is 4.98 Å². The van der Waals surface area contributed by atoms with Crippen LogP contribution in [0.15, 0.2) is 18.2 Å². The lowest BCUT2D eigenvalue weighted by atomic mass is 10.3. The van der Waals surface area contributed by atoms with Crippen LogP contribution in [0.4, 0.5) is 5.69 Å². The molecule has 0 spiro atoms. The van der Waals surface area contributed by atoms with Crippen molar-refractivity contribution < 1.29 is 4.92 Å². The third-order valence-corrected chi connectivity index (χ3v) is 3.48. The highest BCUT2D eigenvalue weighted by Gasteiger charge is 2.12. The Labute approximate surface area is 94.7 Å². The van der Waals surface area contributed by atoms with Gasteiger partial charge in [-0.1, -0.05) is 0 Å². The molecular weight excluding hydrogens is 236 g/mol. The summed E-state index contributed by atoms with van der Waals surface area (Å²) < 4.78 is 0.798. The Morgan fingerprint density at radius 2 is 2.33 bits per heavy atom. The molecule has 0 saturated carbocycles. The molecule has 0 fully saturated rings. The zero-order chi connectivity index (χ0) is 11.0. The van der Waals surface area contributed by atoms with Gasteiger partial charge in [0.15, 0.2) is 0 Å². The van der Waals surface area contributed by atoms with Gasteiger partial charge in [0.2, 0.25) is 0 Å². The Morgan fingerprint density at radius 3 is 2.93 bits per heavy atom. The van der Waals surface area contributed by atoms with E-state index in [0.717, 1.165) is 15.2 Å². The van der Waals surface area contributed by atoms with Crippen LogP contribution in [-0.2, 0) is 0 Å². The summed E-state index contributed by atoms with van der Waals surface area (Å²) in [5.74, 6) is 0. The zero-order valence-electron chi connectivity index (χ0n) is 7.81. The van der Waals surface area contributed by atoms with E-state index in [-0.39, 0.29) is 11.1 Å². The maximum Gasteiger partial charge on any atom is 0.270 e. The fourth-order valence-electron chi connectivity index (χ4n) is 1.21. The maximum atomic E-state index is 10.5. The molecule has 0 aliphatic heterocycles. The van der Waals surface area contributed by atoms with Crippen LogP contribution in [0.25, 0.3) is 10.2 Å². The van der Waals surface area contributed by atoms with Crippen LogP contribution in [0.3, 0.4) is 0 Å². The van der Waals surface area contributed by atoms with Crippen molar-refractivity contribution >= 4 is 38.8 Å². The summed E-state index contributed by atoms with van der Waals surface area (Å²) in [5.41, 5.74) is 0.841. The molecular formula is C9H7ClN2O2S. The highest BCUT2D eigenvalue weighted by Crippen LogP contribution is 2.31. The van der Waals surface area contributed by atoms with Gasteiger partial charge in [-0.15, -0.1) is 22.9 Å². The number of benzene rings is 1. The van der Waals surface area contributed by atoms with Gasteiger partial charge in [0, 0.05) is 12.1 Å². The number of hydrogen-bond donors (Lipinski definition) is 0. The van der Waals surface area contributed by atoms with Gasteiger partial charge in [0.1, 0.15) is 5.01 Å². The number of nitrogens with zero attached hydrogens (tertiary/aromatic N) is 2. The molecule has 15 heavy (non-hydrogen) atoms. The Balaban J connectivity index is 2.57. The number of hydrogen-bond acceptors (Lipinski definition) is 4. The van der Waals surface area contributed by atoms with Crippen molar-refractivity contribution in [2.45, 2.75) is 12.3 Å². The zero-order valence-corrected chi connectivity index (χ0v) is 9.38. The number of thiazole rings is 1. The first-order valence-corrected chi connectivity index (χ1v) is 5.52. The first-order chi connectivity index (χ1) is 7.08. The summed E-state index contributed by atoms with van der Waals surface area (Å²) in [5, 5.41) is 11.2. The molecule has 1 atom stereocenters. The fraction of sp³-hybridized carbons (Fsp3) is 0.222. The van der Waals surface area contributed by atoms with Crippen molar-refractivity contribution in [1.82, 2.24) is 4.98 Å². The molecule has 6 heteroatoms. The molecule has 0 radical (unpaired) electrons. The molecule has 4 nitrogen and oxygen atoms in total. The van der Waals surface area contributed by atoms with Crippen LogP contribution < -0.4 is 0 Å². The van der Waals surface area contributed by atoms with Crippen molar-refractivity contribution in [3.8, 4) is 0 Å². The Morgan fingerprint density at radius 1 is 1.60 bits per heavy atom. The number of rotatable bonds is 2. The first kappa shape index (κ1) is 10.3. The van der Waals surface area contributed by atoms with Crippen LogP contribution in [0.2, 0.25) is 0 Å². The highest BCUT2D eigenvalue weighted by molar-refractivity contribution is 7.18. The van der Waals surface area contributed by atoms with Crippen LogP contribution in [0.1, 0.15) is 17.3 Å². The summed E-state index contributed by atoms with van der Waals surface area (Å²) in [6.45, 7) is 1.83. The summed E-state index contributed by atoms with van der Waals surface area (Å²) in [6.07, 6.45) is 0. The third-order valence-electron chi connectivity index (χ3n) is 1.94. The van der Waals surface area contributed by atoms with Gasteiger partial charge < -0.3 is 0 Å². The minimum Gasteiger partial charge on any atom is -0.258 e. The molecule has 0 bridgehead atoms. The van der Waals surface area contributed by atoms with E-state index in [1.54, 1.807) is 6.07 Å². The van der Waals surface area contributed by atoms with E-state index in [9.17, 15) is 10.1 Å². The molecule has 0 amide bonds. The molecule has 0 N–H and O–H groups in total. The topological polar surface area (TPSA) is 56.0 Å². The molecule has 0 aliphatic carbocycles. The molecule has 0 aliphatic rings. The quantitative estimate of drug-likeness (QED) is 0.460. The van der Waals surface area contributed by atoms with Crippen molar-refractivity contribution in [2.75, 3.05) is 0 Å². The van der Waals surface area contributed by atoms with Gasteiger partial charge in [-0.25, -0.2) is 4.98 Å². The van der Waals surface area contributed by atoms with Crippen LogP contribution in [0.5, 0.6) is 0 Å². The summed E-state index contributed by atoms with van der Waals surface area (Å²) in [4.78, 5) is 14.4. The molecule has 0 saturated heterocycles. The number of nitro benzene ring substituents is 1. The van der Waals surface area contributed by atoms with Crippen LogP contribution >= 0.6 is 22.9 Å². The Bertz CT molecular complexity index is 524. The number of non-ortho nitro benzene ring substituents is 1. The second kappa shape index (κ2) is 3.75. The maximum absolute atomic E-state index is 10.5. The molecule has 1 heterocycles. The first-order valence-electron chi connectivity index (χ1n) is 4.27. The largest absolute Gasteiger partial charge is 0.270 e. The molecule has 1 unspecified atom stereocenters. The van der Waals surface area contributed by atoms with Gasteiger partial charge in [-0.2, -0.15) is 0 Å². The average Bonchev–Trinajstić information content (AvgIpc) is 2.59. The number of nitro groups is 1. The van der Waals surface area contributed by atoms with E-state index in [4.69, 9.17) is 11.6 Å². The van der Waals surface area contributed by atoms with E-state index in [1.807, 2.05) is 6.92 Å². The number of aromatic nitrogens is 1. The molecule has 78 valence electrons. The summed E-state index contributed by atoms with van der Waals surface area (Å²) >= 11 is 7.28. The van der Waals surface area contributed by atoms with Gasteiger partial charge in [-0.3, -0.25) is 10.1 Å². The third kappa shape index (κ3) is 1.93. The lowest BCUT2D eigenvalue weighted by Crippen LogP contribution is -1.86. The molecule has 2 aromatic rings. The van der Waals surface area contributed by atoms with E-state index >= 15 is 0 Å². The summed E-state index contributed by atoms with van der Waals surface area (Å²) in [6, 6.07) is 4.62. The van der Waals surface area contributed by atoms with Crippen molar-refractivity contribution in [2.24, 2.45) is 0 Å². The van der Waals surface area contributed by atoms with E-state index in [0.29, 0.717) is 0 Å². The normalized spacial score (nSPS) is 12.9. The van der Waals surface area contributed by atoms with Crippen molar-refractivity contribution in [1.29, 1.82) is 0 Å². The Hall–Kier alpha value is -1.20. The minimum absolute atomic E-state index is 0.0833. The minimum atomic E-state index is -0.414.